The van der Waals surface area contributed by atoms with Gasteiger partial charge in [0.1, 0.15) is 0 Å². The van der Waals surface area contributed by atoms with Crippen molar-refractivity contribution in [2.45, 2.75) is 26.7 Å². The van der Waals surface area contributed by atoms with Crippen molar-refractivity contribution in [3.63, 3.8) is 0 Å². The Bertz CT molecular complexity index is 218. The first-order chi connectivity index (χ1) is 5.29. The van der Waals surface area contributed by atoms with Crippen LogP contribution in [0, 0.1) is 0 Å². The molecule has 0 N–H and O–H groups in total. The number of hydrogen-bond donors (Lipinski definition) is 0. The van der Waals surface area contributed by atoms with Gasteiger partial charge in [0.25, 0.3) is 0 Å². The highest BCUT2D eigenvalue weighted by atomic mass is 79.9. The van der Waals surface area contributed by atoms with Gasteiger partial charge in [-0.25, -0.2) is 0 Å². The molecule has 1 heteroatoms. The van der Waals surface area contributed by atoms with E-state index in [2.05, 4.69) is 48.0 Å². The zero-order chi connectivity index (χ0) is 8.27. The highest BCUT2D eigenvalue weighted by Crippen LogP contribution is 2.22. The normalized spacial score (nSPS) is 10.1. The Labute approximate surface area is 76.8 Å². The fourth-order valence-corrected chi connectivity index (χ4v) is 2.00. The van der Waals surface area contributed by atoms with E-state index in [9.17, 15) is 0 Å². The van der Waals surface area contributed by atoms with E-state index in [4.69, 9.17) is 0 Å². The second kappa shape index (κ2) is 3.91. The van der Waals surface area contributed by atoms with Crippen molar-refractivity contribution in [2.24, 2.45) is 0 Å². The van der Waals surface area contributed by atoms with Crippen molar-refractivity contribution in [2.75, 3.05) is 0 Å². The molecule has 0 spiro atoms. The van der Waals surface area contributed by atoms with E-state index >= 15 is 0 Å². The third-order valence-electron chi connectivity index (χ3n) is 1.92. The molecule has 0 atom stereocenters. The van der Waals surface area contributed by atoms with Crippen molar-refractivity contribution in [1.29, 1.82) is 0 Å². The molecule has 0 unspecified atom stereocenters. The van der Waals surface area contributed by atoms with E-state index in [1.54, 1.807) is 0 Å². The van der Waals surface area contributed by atoms with Crippen LogP contribution in [0.25, 0.3) is 0 Å². The van der Waals surface area contributed by atoms with E-state index < -0.39 is 0 Å². The summed E-state index contributed by atoms with van der Waals surface area (Å²) in [5.41, 5.74) is 2.81. The largest absolute Gasteiger partial charge is 0.0616 e. The van der Waals surface area contributed by atoms with Gasteiger partial charge in [-0.2, -0.15) is 0 Å². The van der Waals surface area contributed by atoms with Gasteiger partial charge in [-0.1, -0.05) is 48.0 Å². The number of rotatable bonds is 2. The van der Waals surface area contributed by atoms with Crippen LogP contribution in [0.2, 0.25) is 0 Å². The van der Waals surface area contributed by atoms with Gasteiger partial charge in [0, 0.05) is 4.47 Å². The van der Waals surface area contributed by atoms with Crippen molar-refractivity contribution in [3.8, 4) is 0 Å². The first-order valence-electron chi connectivity index (χ1n) is 4.05. The van der Waals surface area contributed by atoms with Crippen LogP contribution < -0.4 is 0 Å². The van der Waals surface area contributed by atoms with E-state index in [0.717, 1.165) is 12.8 Å². The second-order valence-corrected chi connectivity index (χ2v) is 3.39. The van der Waals surface area contributed by atoms with Crippen LogP contribution in [0.1, 0.15) is 25.0 Å². The van der Waals surface area contributed by atoms with Crippen LogP contribution in [-0.4, -0.2) is 0 Å². The highest BCUT2D eigenvalue weighted by Gasteiger charge is 2.00. The summed E-state index contributed by atoms with van der Waals surface area (Å²) in [6.45, 7) is 4.36. The Morgan fingerprint density at radius 2 is 1.55 bits per heavy atom. The summed E-state index contributed by atoms with van der Waals surface area (Å²) in [4.78, 5) is 0. The lowest BCUT2D eigenvalue weighted by molar-refractivity contribution is 1.07. The Balaban J connectivity index is 3.10. The van der Waals surface area contributed by atoms with Gasteiger partial charge >= 0.3 is 0 Å². The molecule has 0 amide bonds. The van der Waals surface area contributed by atoms with Gasteiger partial charge in [0.2, 0.25) is 0 Å². The molecule has 1 aromatic rings. The molecule has 1 rings (SSSR count). The summed E-state index contributed by atoms with van der Waals surface area (Å²) in [7, 11) is 0. The van der Waals surface area contributed by atoms with Crippen LogP contribution in [-0.2, 0) is 12.8 Å². The number of hydrogen-bond acceptors (Lipinski definition) is 0. The fraction of sp³-hybridized carbons (Fsp3) is 0.400. The summed E-state index contributed by atoms with van der Waals surface area (Å²) < 4.78 is 1.30. The van der Waals surface area contributed by atoms with Gasteiger partial charge in [-0.15, -0.1) is 0 Å². The smallest absolute Gasteiger partial charge is 0.0239 e. The Kier molecular flexibility index (Phi) is 3.13. The molecule has 0 saturated heterocycles. The van der Waals surface area contributed by atoms with E-state index in [0.29, 0.717) is 0 Å². The average Bonchev–Trinajstić information content (AvgIpc) is 2.05. The molecule has 0 fully saturated rings. The van der Waals surface area contributed by atoms with Crippen molar-refractivity contribution in [1.82, 2.24) is 0 Å². The Morgan fingerprint density at radius 1 is 1.09 bits per heavy atom. The van der Waals surface area contributed by atoms with Gasteiger partial charge in [0.05, 0.1) is 0 Å². The third-order valence-corrected chi connectivity index (χ3v) is 2.94. The molecule has 0 aliphatic carbocycles. The minimum atomic E-state index is 1.11. The minimum absolute atomic E-state index is 1.11. The second-order valence-electron chi connectivity index (χ2n) is 2.60. The van der Waals surface area contributed by atoms with Crippen LogP contribution in [0.3, 0.4) is 0 Å². The monoisotopic (exact) mass is 212 g/mol. The summed E-state index contributed by atoms with van der Waals surface area (Å²) in [5.74, 6) is 0. The summed E-state index contributed by atoms with van der Waals surface area (Å²) in [6.07, 6.45) is 2.21. The van der Waals surface area contributed by atoms with Crippen molar-refractivity contribution < 1.29 is 0 Å². The molecule has 0 heterocycles. The summed E-state index contributed by atoms with van der Waals surface area (Å²) >= 11 is 3.60. The molecule has 0 bridgehead atoms. The van der Waals surface area contributed by atoms with Crippen LogP contribution >= 0.6 is 15.9 Å². The topological polar surface area (TPSA) is 0 Å². The maximum absolute atomic E-state index is 3.60. The highest BCUT2D eigenvalue weighted by molar-refractivity contribution is 9.10. The van der Waals surface area contributed by atoms with Crippen LogP contribution in [0.5, 0.6) is 0 Å². The SMILES string of the molecule is CCc1cccc(CC)c1Br. The molecular weight excluding hydrogens is 200 g/mol. The number of aryl methyl sites for hydroxylation is 2. The molecule has 60 valence electrons. The molecule has 11 heavy (non-hydrogen) atoms. The summed E-state index contributed by atoms with van der Waals surface area (Å²) in [5, 5.41) is 0. The Hall–Kier alpha value is -0.300. The zero-order valence-corrected chi connectivity index (χ0v) is 8.61. The van der Waals surface area contributed by atoms with Gasteiger partial charge in [-0.05, 0) is 24.0 Å². The molecule has 1 aromatic carbocycles. The van der Waals surface area contributed by atoms with Gasteiger partial charge in [-0.3, -0.25) is 0 Å². The lowest BCUT2D eigenvalue weighted by Gasteiger charge is -2.05. The maximum atomic E-state index is 3.60. The molecule has 0 radical (unpaired) electrons. The van der Waals surface area contributed by atoms with Gasteiger partial charge < -0.3 is 0 Å². The molecular formula is C10H13Br. The predicted octanol–water partition coefficient (Wildman–Crippen LogP) is 3.57. The fourth-order valence-electron chi connectivity index (χ4n) is 1.18. The standard InChI is InChI=1S/C10H13Br/c1-3-8-6-5-7-9(4-2)10(8)11/h5-7H,3-4H2,1-2H3. The van der Waals surface area contributed by atoms with E-state index in [1.807, 2.05) is 0 Å². The predicted molar refractivity (Wildman–Crippen MR) is 52.9 cm³/mol. The third kappa shape index (κ3) is 1.84. The molecule has 0 saturated carbocycles. The van der Waals surface area contributed by atoms with Crippen molar-refractivity contribution >= 4 is 15.9 Å². The van der Waals surface area contributed by atoms with Crippen LogP contribution in [0.4, 0.5) is 0 Å². The lowest BCUT2D eigenvalue weighted by Crippen LogP contribution is -1.88. The molecule has 0 aliphatic rings. The van der Waals surface area contributed by atoms with Gasteiger partial charge in [0.15, 0.2) is 0 Å². The van der Waals surface area contributed by atoms with Crippen LogP contribution in [0.15, 0.2) is 22.7 Å². The van der Waals surface area contributed by atoms with E-state index in [1.165, 1.54) is 15.6 Å². The van der Waals surface area contributed by atoms with E-state index in [-0.39, 0.29) is 0 Å². The Morgan fingerprint density at radius 3 is 1.91 bits per heavy atom. The maximum Gasteiger partial charge on any atom is 0.0239 e. The van der Waals surface area contributed by atoms with Crippen molar-refractivity contribution in [3.05, 3.63) is 33.8 Å². The summed E-state index contributed by atoms with van der Waals surface area (Å²) in [6, 6.07) is 6.47. The molecule has 0 aromatic heterocycles. The molecule has 0 nitrogen and oxygen atoms in total. The minimum Gasteiger partial charge on any atom is -0.0616 e. The molecule has 0 aliphatic heterocycles. The first-order valence-corrected chi connectivity index (χ1v) is 4.85. The average molecular weight is 213 g/mol. The first kappa shape index (κ1) is 8.79. The quantitative estimate of drug-likeness (QED) is 0.704. The number of halogens is 1. The zero-order valence-electron chi connectivity index (χ0n) is 7.02. The number of benzene rings is 1. The lowest BCUT2D eigenvalue weighted by atomic mass is 10.1.